The summed E-state index contributed by atoms with van der Waals surface area (Å²) in [6.45, 7) is 6.81. The second-order valence-corrected chi connectivity index (χ2v) is 8.93. The average Bonchev–Trinajstić information content (AvgIpc) is 3.17. The predicted molar refractivity (Wildman–Crippen MR) is 139 cm³/mol. The van der Waals surface area contributed by atoms with Gasteiger partial charge >= 0.3 is 0 Å². The van der Waals surface area contributed by atoms with Crippen molar-refractivity contribution in [3.8, 4) is 11.5 Å². The Bertz CT molecular complexity index is 1360. The third-order valence-corrected chi connectivity index (χ3v) is 5.95. The van der Waals surface area contributed by atoms with Crippen molar-refractivity contribution in [3.63, 3.8) is 0 Å². The molecule has 3 aromatic carbocycles. The Morgan fingerprint density at radius 3 is 2.60 bits per heavy atom. The molecule has 1 heterocycles. The summed E-state index contributed by atoms with van der Waals surface area (Å²) in [5.41, 5.74) is 5.40. The van der Waals surface area contributed by atoms with E-state index in [1.807, 2.05) is 74.0 Å². The number of benzene rings is 3. The topological polar surface area (TPSA) is 65.4 Å². The van der Waals surface area contributed by atoms with Crippen LogP contribution in [-0.4, -0.2) is 22.8 Å². The second-order valence-electron chi connectivity index (χ2n) is 8.50. The highest BCUT2D eigenvalue weighted by atomic mass is 35.5. The number of rotatable bonds is 8. The van der Waals surface area contributed by atoms with E-state index < -0.39 is 0 Å². The molecule has 0 fully saturated rings. The number of amides is 1. The molecule has 0 aliphatic rings. The van der Waals surface area contributed by atoms with Gasteiger partial charge in [0.1, 0.15) is 18.1 Å². The molecule has 1 amide bonds. The van der Waals surface area contributed by atoms with Crippen molar-refractivity contribution in [2.24, 2.45) is 0 Å². The van der Waals surface area contributed by atoms with Crippen LogP contribution < -0.4 is 14.8 Å². The van der Waals surface area contributed by atoms with Crippen LogP contribution in [0.4, 0.5) is 5.82 Å². The first-order chi connectivity index (χ1) is 16.8. The zero-order chi connectivity index (χ0) is 24.9. The monoisotopic (exact) mass is 489 g/mol. The number of nitrogens with zero attached hydrogens (tertiary/aromatic N) is 2. The summed E-state index contributed by atoms with van der Waals surface area (Å²) in [6.07, 6.45) is 0. The van der Waals surface area contributed by atoms with Crippen LogP contribution in [0.2, 0.25) is 5.02 Å². The largest absolute Gasteiger partial charge is 0.496 e. The zero-order valence-electron chi connectivity index (χ0n) is 20.3. The minimum Gasteiger partial charge on any atom is -0.496 e. The molecule has 35 heavy (non-hydrogen) atoms. The molecule has 180 valence electrons. The fraction of sp³-hybridized carbons (Fsp3) is 0.214. The molecule has 4 aromatic rings. The van der Waals surface area contributed by atoms with Crippen LogP contribution in [0.15, 0.2) is 66.7 Å². The standard InChI is InChI=1S/C28H28ClN3O3/c1-18-8-9-19(2)26(12-18)35-17-23-15-22(10-11-25(23)34-4)28(33)30-27-13-20(3)32(31-27)16-21-6-5-7-24(29)14-21/h5-15H,16-17H2,1-4H3,(H,30,31,33). The average molecular weight is 490 g/mol. The number of hydrogen-bond donors (Lipinski definition) is 1. The van der Waals surface area contributed by atoms with Crippen LogP contribution in [0.5, 0.6) is 11.5 Å². The van der Waals surface area contributed by atoms with Crippen LogP contribution in [-0.2, 0) is 13.2 Å². The molecule has 1 aromatic heterocycles. The van der Waals surface area contributed by atoms with Crippen LogP contribution in [0, 0.1) is 20.8 Å². The van der Waals surface area contributed by atoms with Crippen LogP contribution in [0.1, 0.15) is 38.3 Å². The molecule has 0 aliphatic carbocycles. The highest BCUT2D eigenvalue weighted by molar-refractivity contribution is 6.30. The Morgan fingerprint density at radius 1 is 1.00 bits per heavy atom. The molecule has 0 radical (unpaired) electrons. The van der Waals surface area contributed by atoms with Gasteiger partial charge in [-0.15, -0.1) is 0 Å². The zero-order valence-corrected chi connectivity index (χ0v) is 21.0. The van der Waals surface area contributed by atoms with E-state index in [2.05, 4.69) is 10.4 Å². The van der Waals surface area contributed by atoms with Gasteiger partial charge in [-0.3, -0.25) is 9.48 Å². The van der Waals surface area contributed by atoms with Gasteiger partial charge in [0.05, 0.1) is 13.7 Å². The fourth-order valence-corrected chi connectivity index (χ4v) is 3.99. The van der Waals surface area contributed by atoms with Gasteiger partial charge in [0.2, 0.25) is 0 Å². The number of aromatic nitrogens is 2. The lowest BCUT2D eigenvalue weighted by atomic mass is 10.1. The van der Waals surface area contributed by atoms with Crippen molar-refractivity contribution < 1.29 is 14.3 Å². The van der Waals surface area contributed by atoms with E-state index in [9.17, 15) is 4.79 Å². The van der Waals surface area contributed by atoms with Gasteiger partial charge < -0.3 is 14.8 Å². The minimum atomic E-state index is -0.256. The van der Waals surface area contributed by atoms with Gasteiger partial charge in [0.25, 0.3) is 5.91 Å². The molecule has 0 aliphatic heterocycles. The summed E-state index contributed by atoms with van der Waals surface area (Å²) >= 11 is 6.09. The molecule has 7 heteroatoms. The summed E-state index contributed by atoms with van der Waals surface area (Å²) in [5.74, 6) is 1.70. The smallest absolute Gasteiger partial charge is 0.256 e. The van der Waals surface area contributed by atoms with Crippen molar-refractivity contribution in [1.82, 2.24) is 9.78 Å². The van der Waals surface area contributed by atoms with E-state index in [4.69, 9.17) is 21.1 Å². The maximum absolute atomic E-state index is 13.0. The maximum atomic E-state index is 13.0. The molecule has 0 atom stereocenters. The number of anilines is 1. The van der Waals surface area contributed by atoms with E-state index >= 15 is 0 Å². The third kappa shape index (κ3) is 6.03. The Balaban J connectivity index is 1.48. The minimum absolute atomic E-state index is 0.256. The summed E-state index contributed by atoms with van der Waals surface area (Å²) in [7, 11) is 1.60. The molecule has 1 N–H and O–H groups in total. The highest BCUT2D eigenvalue weighted by Crippen LogP contribution is 2.25. The summed E-state index contributed by atoms with van der Waals surface area (Å²) < 4.78 is 13.4. The molecule has 6 nitrogen and oxygen atoms in total. The van der Waals surface area contributed by atoms with E-state index in [1.165, 1.54) is 0 Å². The van der Waals surface area contributed by atoms with Gasteiger partial charge in [0.15, 0.2) is 5.82 Å². The van der Waals surface area contributed by atoms with Crippen LogP contribution >= 0.6 is 11.6 Å². The number of nitrogens with one attached hydrogen (secondary N) is 1. The molecule has 0 saturated carbocycles. The lowest BCUT2D eigenvalue weighted by molar-refractivity contribution is 0.102. The number of methoxy groups -OCH3 is 1. The number of halogens is 1. The van der Waals surface area contributed by atoms with Gasteiger partial charge in [-0.1, -0.05) is 35.9 Å². The maximum Gasteiger partial charge on any atom is 0.256 e. The normalized spacial score (nSPS) is 10.8. The van der Waals surface area contributed by atoms with Crippen LogP contribution in [0.3, 0.4) is 0 Å². The van der Waals surface area contributed by atoms with Gasteiger partial charge in [-0.05, 0) is 73.9 Å². The summed E-state index contributed by atoms with van der Waals surface area (Å²) in [4.78, 5) is 13.0. The Hall–Kier alpha value is -3.77. The molecule has 0 saturated heterocycles. The Kier molecular flexibility index (Phi) is 7.42. The number of carbonyl (C=O) groups excluding carboxylic acids is 1. The van der Waals surface area contributed by atoms with Crippen molar-refractivity contribution >= 4 is 23.3 Å². The van der Waals surface area contributed by atoms with Gasteiger partial charge in [-0.25, -0.2) is 0 Å². The number of carbonyl (C=O) groups is 1. The van der Waals surface area contributed by atoms with E-state index in [1.54, 1.807) is 25.3 Å². The fourth-order valence-electron chi connectivity index (χ4n) is 3.78. The van der Waals surface area contributed by atoms with Gasteiger partial charge in [-0.2, -0.15) is 5.10 Å². The number of aryl methyl sites for hydroxylation is 3. The van der Waals surface area contributed by atoms with E-state index in [0.717, 1.165) is 33.7 Å². The molecular weight excluding hydrogens is 462 g/mol. The number of ether oxygens (including phenoxy) is 2. The first-order valence-corrected chi connectivity index (χ1v) is 11.7. The SMILES string of the molecule is COc1ccc(C(=O)Nc2cc(C)n(Cc3cccc(Cl)c3)n2)cc1COc1cc(C)ccc1C. The Morgan fingerprint density at radius 2 is 1.83 bits per heavy atom. The van der Waals surface area contributed by atoms with Crippen LogP contribution in [0.25, 0.3) is 0 Å². The molecular formula is C28H28ClN3O3. The van der Waals surface area contributed by atoms with E-state index in [-0.39, 0.29) is 12.5 Å². The van der Waals surface area contributed by atoms with E-state index in [0.29, 0.717) is 28.7 Å². The Labute approximate surface area is 210 Å². The second kappa shape index (κ2) is 10.7. The molecule has 4 rings (SSSR count). The highest BCUT2D eigenvalue weighted by Gasteiger charge is 2.14. The van der Waals surface area contributed by atoms with Crippen molar-refractivity contribution in [1.29, 1.82) is 0 Å². The van der Waals surface area contributed by atoms with Crippen molar-refractivity contribution in [2.75, 3.05) is 12.4 Å². The predicted octanol–water partition coefficient (Wildman–Crippen LogP) is 6.35. The van der Waals surface area contributed by atoms with Crippen molar-refractivity contribution in [2.45, 2.75) is 33.9 Å². The molecule has 0 unspecified atom stereocenters. The third-order valence-electron chi connectivity index (χ3n) is 5.71. The molecule has 0 spiro atoms. The first-order valence-electron chi connectivity index (χ1n) is 11.3. The quantitative estimate of drug-likeness (QED) is 0.313. The lowest BCUT2D eigenvalue weighted by Gasteiger charge is -2.14. The summed E-state index contributed by atoms with van der Waals surface area (Å²) in [5, 5.41) is 8.11. The lowest BCUT2D eigenvalue weighted by Crippen LogP contribution is -2.14. The summed E-state index contributed by atoms with van der Waals surface area (Å²) in [6, 6.07) is 20.8. The molecule has 0 bridgehead atoms. The van der Waals surface area contributed by atoms with Crippen molar-refractivity contribution in [3.05, 3.63) is 105 Å². The number of hydrogen-bond acceptors (Lipinski definition) is 4. The first kappa shape index (κ1) is 24.4. The van der Waals surface area contributed by atoms with Gasteiger partial charge in [0, 0.05) is 27.9 Å².